The molecular weight excluding hydrogens is 495 g/mol. The molecule has 3 aromatic carbocycles. The molecule has 0 atom stereocenters. The van der Waals surface area contributed by atoms with Crippen LogP contribution in [0.3, 0.4) is 0 Å². The second-order valence-corrected chi connectivity index (χ2v) is 9.92. The average Bonchev–Trinajstić information content (AvgIpc) is 2.81. The summed E-state index contributed by atoms with van der Waals surface area (Å²) in [5, 5.41) is 2.99. The van der Waals surface area contributed by atoms with E-state index in [9.17, 15) is 22.4 Å². The van der Waals surface area contributed by atoms with Gasteiger partial charge in [-0.2, -0.15) is 4.31 Å². The summed E-state index contributed by atoms with van der Waals surface area (Å²) in [7, 11) is -4.15. The number of sulfonamides is 1. The summed E-state index contributed by atoms with van der Waals surface area (Å²) in [4.78, 5) is 24.3. The number of hydrogen-bond acceptors (Lipinski definition) is 5. The quantitative estimate of drug-likeness (QED) is 0.401. The molecule has 0 aliphatic carbocycles. The number of anilines is 1. The Kier molecular flexibility index (Phi) is 8.97. The van der Waals surface area contributed by atoms with E-state index in [1.54, 1.807) is 37.3 Å². The molecule has 0 unspecified atom stereocenters. The second-order valence-electron chi connectivity index (χ2n) is 7.55. The first-order valence-corrected chi connectivity index (χ1v) is 12.5. The van der Waals surface area contributed by atoms with Crippen molar-refractivity contribution in [3.8, 4) is 0 Å². The van der Waals surface area contributed by atoms with Crippen molar-refractivity contribution < 1.29 is 27.1 Å². The van der Waals surface area contributed by atoms with Gasteiger partial charge in [0.1, 0.15) is 5.82 Å². The third kappa shape index (κ3) is 7.35. The van der Waals surface area contributed by atoms with Crippen LogP contribution in [-0.4, -0.2) is 37.8 Å². The van der Waals surface area contributed by atoms with Crippen molar-refractivity contribution in [1.29, 1.82) is 0 Å². The molecule has 0 aliphatic heterocycles. The lowest BCUT2D eigenvalue weighted by Gasteiger charge is -2.22. The van der Waals surface area contributed by atoms with Crippen molar-refractivity contribution in [2.24, 2.45) is 0 Å². The van der Waals surface area contributed by atoms with Gasteiger partial charge in [-0.3, -0.25) is 9.59 Å². The van der Waals surface area contributed by atoms with Crippen molar-refractivity contribution in [3.63, 3.8) is 0 Å². The van der Waals surface area contributed by atoms with Crippen molar-refractivity contribution >= 4 is 39.2 Å². The fraction of sp³-hybridized carbons (Fsp3) is 0.200. The molecule has 0 bridgehead atoms. The number of carbonyl (C=O) groups is 2. The Morgan fingerprint density at radius 3 is 2.29 bits per heavy atom. The normalized spacial score (nSPS) is 11.3. The molecule has 0 saturated heterocycles. The van der Waals surface area contributed by atoms with Crippen LogP contribution in [0.4, 0.5) is 10.1 Å². The second kappa shape index (κ2) is 11.9. The Bertz CT molecular complexity index is 1280. The summed E-state index contributed by atoms with van der Waals surface area (Å²) < 4.78 is 46.7. The molecule has 0 heterocycles. The van der Waals surface area contributed by atoms with Gasteiger partial charge in [-0.15, -0.1) is 0 Å². The molecule has 1 amide bonds. The number of halogens is 2. The first-order chi connectivity index (χ1) is 16.7. The molecule has 0 radical (unpaired) electrons. The van der Waals surface area contributed by atoms with Gasteiger partial charge in [0.2, 0.25) is 15.9 Å². The van der Waals surface area contributed by atoms with Crippen LogP contribution in [0.15, 0.2) is 77.7 Å². The molecule has 3 rings (SSSR count). The van der Waals surface area contributed by atoms with Gasteiger partial charge in [0.25, 0.3) is 0 Å². The Hall–Kier alpha value is -3.27. The number of nitrogens with one attached hydrogen (secondary N) is 1. The predicted molar refractivity (Wildman–Crippen MR) is 131 cm³/mol. The minimum absolute atomic E-state index is 0.0747. The first kappa shape index (κ1) is 26.3. The molecule has 35 heavy (non-hydrogen) atoms. The zero-order valence-electron chi connectivity index (χ0n) is 18.9. The molecule has 3 aromatic rings. The highest BCUT2D eigenvalue weighted by Crippen LogP contribution is 2.22. The largest absolute Gasteiger partial charge is 0.466 e. The number of hydrogen-bond donors (Lipinski definition) is 1. The van der Waals surface area contributed by atoms with Crippen LogP contribution >= 0.6 is 11.6 Å². The number of ether oxygens (including phenoxy) is 1. The van der Waals surface area contributed by atoms with Gasteiger partial charge < -0.3 is 10.1 Å². The van der Waals surface area contributed by atoms with Gasteiger partial charge >= 0.3 is 5.97 Å². The SMILES string of the molecule is CCOC(=O)Cc1ccc(NC(=O)CN(Cc2ccccc2F)S(=O)(=O)c2ccc(Cl)cc2)cc1. The van der Waals surface area contributed by atoms with Gasteiger partial charge in [-0.05, 0) is 55.0 Å². The molecule has 0 aliphatic rings. The Morgan fingerprint density at radius 2 is 1.66 bits per heavy atom. The first-order valence-electron chi connectivity index (χ1n) is 10.7. The highest BCUT2D eigenvalue weighted by atomic mass is 35.5. The summed E-state index contributed by atoms with van der Waals surface area (Å²) >= 11 is 5.87. The van der Waals surface area contributed by atoms with Gasteiger partial charge in [0.05, 0.1) is 24.5 Å². The molecule has 184 valence electrons. The molecule has 10 heteroatoms. The van der Waals surface area contributed by atoms with E-state index in [4.69, 9.17) is 16.3 Å². The third-order valence-electron chi connectivity index (χ3n) is 4.97. The maximum Gasteiger partial charge on any atom is 0.310 e. The molecule has 1 N–H and O–H groups in total. The summed E-state index contributed by atoms with van der Waals surface area (Å²) in [6.07, 6.45) is 0.0951. The van der Waals surface area contributed by atoms with E-state index in [1.165, 1.54) is 42.5 Å². The van der Waals surface area contributed by atoms with Crippen LogP contribution in [-0.2, 0) is 37.3 Å². The van der Waals surface area contributed by atoms with Crippen LogP contribution in [0.25, 0.3) is 0 Å². The summed E-state index contributed by atoms with van der Waals surface area (Å²) in [5.41, 5.74) is 1.24. The predicted octanol–water partition coefficient (Wildman–Crippen LogP) is 4.41. The van der Waals surface area contributed by atoms with Gasteiger partial charge in [-0.25, -0.2) is 12.8 Å². The van der Waals surface area contributed by atoms with E-state index in [1.807, 2.05) is 0 Å². The van der Waals surface area contributed by atoms with Gasteiger partial charge in [-0.1, -0.05) is 41.9 Å². The maximum atomic E-state index is 14.3. The standard InChI is InChI=1S/C25H24ClFN2O5S/c1-2-34-25(31)15-18-7-11-21(12-8-18)28-24(30)17-29(16-19-5-3-4-6-23(19)27)35(32,33)22-13-9-20(26)10-14-22/h3-14H,2,15-17H2,1H3,(H,28,30). The van der Waals surface area contributed by atoms with Crippen molar-refractivity contribution in [2.75, 3.05) is 18.5 Å². The van der Waals surface area contributed by atoms with Crippen molar-refractivity contribution in [2.45, 2.75) is 24.8 Å². The number of amides is 1. The third-order valence-corrected chi connectivity index (χ3v) is 7.03. The summed E-state index contributed by atoms with van der Waals surface area (Å²) in [6.45, 7) is 1.11. The number of rotatable bonds is 10. The van der Waals surface area contributed by atoms with Crippen LogP contribution in [0, 0.1) is 5.82 Å². The van der Waals surface area contributed by atoms with E-state index in [0.29, 0.717) is 16.3 Å². The Morgan fingerprint density at radius 1 is 1.00 bits per heavy atom. The number of carbonyl (C=O) groups excluding carboxylic acids is 2. The lowest BCUT2D eigenvalue weighted by molar-refractivity contribution is -0.142. The molecule has 7 nitrogen and oxygen atoms in total. The molecule has 0 aromatic heterocycles. The van der Waals surface area contributed by atoms with E-state index < -0.39 is 28.3 Å². The number of benzene rings is 3. The van der Waals surface area contributed by atoms with E-state index >= 15 is 0 Å². The van der Waals surface area contributed by atoms with Gasteiger partial charge in [0.15, 0.2) is 0 Å². The fourth-order valence-electron chi connectivity index (χ4n) is 3.24. The fourth-order valence-corrected chi connectivity index (χ4v) is 4.74. The zero-order chi connectivity index (χ0) is 25.4. The van der Waals surface area contributed by atoms with Gasteiger partial charge in [0, 0.05) is 22.8 Å². The number of esters is 1. The van der Waals surface area contributed by atoms with E-state index in [0.717, 1.165) is 4.31 Å². The minimum Gasteiger partial charge on any atom is -0.466 e. The lowest BCUT2D eigenvalue weighted by Crippen LogP contribution is -2.37. The highest BCUT2D eigenvalue weighted by molar-refractivity contribution is 7.89. The molecular formula is C25H24ClFN2O5S. The lowest BCUT2D eigenvalue weighted by atomic mass is 10.1. The molecule has 0 fully saturated rings. The highest BCUT2D eigenvalue weighted by Gasteiger charge is 2.28. The van der Waals surface area contributed by atoms with Crippen molar-refractivity contribution in [3.05, 3.63) is 94.8 Å². The summed E-state index contributed by atoms with van der Waals surface area (Å²) in [6, 6.07) is 17.8. The van der Waals surface area contributed by atoms with Crippen LogP contribution in [0.1, 0.15) is 18.1 Å². The topological polar surface area (TPSA) is 92.8 Å². The maximum absolute atomic E-state index is 14.3. The van der Waals surface area contributed by atoms with Crippen LogP contribution in [0.2, 0.25) is 5.02 Å². The molecule has 0 spiro atoms. The Balaban J connectivity index is 1.78. The zero-order valence-corrected chi connectivity index (χ0v) is 20.5. The monoisotopic (exact) mass is 518 g/mol. The number of nitrogens with zero attached hydrogens (tertiary/aromatic N) is 1. The summed E-state index contributed by atoms with van der Waals surface area (Å²) in [5.74, 6) is -1.56. The molecule has 0 saturated carbocycles. The average molecular weight is 519 g/mol. The van der Waals surface area contributed by atoms with E-state index in [-0.39, 0.29) is 36.0 Å². The Labute approximate surface area is 208 Å². The van der Waals surface area contributed by atoms with Crippen LogP contribution < -0.4 is 5.32 Å². The van der Waals surface area contributed by atoms with Crippen LogP contribution in [0.5, 0.6) is 0 Å². The van der Waals surface area contributed by atoms with Crippen molar-refractivity contribution in [1.82, 2.24) is 4.31 Å². The smallest absolute Gasteiger partial charge is 0.310 e. The minimum atomic E-state index is -4.15. The van der Waals surface area contributed by atoms with E-state index in [2.05, 4.69) is 5.32 Å².